The highest BCUT2D eigenvalue weighted by Crippen LogP contribution is 2.17. The van der Waals surface area contributed by atoms with E-state index in [4.69, 9.17) is 0 Å². The Morgan fingerprint density at radius 3 is 2.67 bits per heavy atom. The summed E-state index contributed by atoms with van der Waals surface area (Å²) in [6.07, 6.45) is 1.84. The minimum atomic E-state index is 0.888. The summed E-state index contributed by atoms with van der Waals surface area (Å²) in [4.78, 5) is 6.50. The largest absolute Gasteiger partial charge is 0.370 e. The summed E-state index contributed by atoms with van der Waals surface area (Å²) in [5.41, 5.74) is 2.48. The number of nitrogens with zero attached hydrogens (tertiary/aromatic N) is 2. The van der Waals surface area contributed by atoms with E-state index in [0.717, 1.165) is 18.9 Å². The number of rotatable bonds is 5. The van der Waals surface area contributed by atoms with Gasteiger partial charge in [-0.25, -0.2) is 4.98 Å². The van der Waals surface area contributed by atoms with Gasteiger partial charge in [-0.1, -0.05) is 30.3 Å². The quantitative estimate of drug-likeness (QED) is 0.871. The fourth-order valence-electron chi connectivity index (χ4n) is 1.88. The molecule has 0 saturated heterocycles. The van der Waals surface area contributed by atoms with Crippen molar-refractivity contribution in [2.24, 2.45) is 0 Å². The lowest BCUT2D eigenvalue weighted by Gasteiger charge is -2.20. The van der Waals surface area contributed by atoms with Crippen molar-refractivity contribution in [3.63, 3.8) is 0 Å². The molecule has 0 saturated carbocycles. The fraction of sp³-hybridized carbons (Fsp3) is 0.267. The van der Waals surface area contributed by atoms with Gasteiger partial charge in [0.1, 0.15) is 5.82 Å². The van der Waals surface area contributed by atoms with Crippen LogP contribution >= 0.6 is 0 Å². The molecule has 3 heteroatoms. The molecule has 3 nitrogen and oxygen atoms in total. The van der Waals surface area contributed by atoms with Crippen LogP contribution in [0.1, 0.15) is 12.5 Å². The van der Waals surface area contributed by atoms with Crippen molar-refractivity contribution in [2.75, 3.05) is 23.8 Å². The van der Waals surface area contributed by atoms with Gasteiger partial charge in [-0.05, 0) is 18.6 Å². The maximum Gasteiger partial charge on any atom is 0.127 e. The number of nitrogens with one attached hydrogen (secondary N) is 1. The Balaban J connectivity index is 2.08. The van der Waals surface area contributed by atoms with Gasteiger partial charge in [-0.2, -0.15) is 0 Å². The van der Waals surface area contributed by atoms with Gasteiger partial charge in [0.15, 0.2) is 0 Å². The van der Waals surface area contributed by atoms with Crippen LogP contribution in [0.25, 0.3) is 0 Å². The van der Waals surface area contributed by atoms with Crippen molar-refractivity contribution in [3.8, 4) is 0 Å². The van der Waals surface area contributed by atoms with Crippen LogP contribution < -0.4 is 10.2 Å². The van der Waals surface area contributed by atoms with Crippen molar-refractivity contribution >= 4 is 11.5 Å². The first-order valence-electron chi connectivity index (χ1n) is 6.24. The summed E-state index contributed by atoms with van der Waals surface area (Å²) in [7, 11) is 2.10. The second-order valence-corrected chi connectivity index (χ2v) is 4.27. The van der Waals surface area contributed by atoms with E-state index in [1.807, 2.05) is 18.3 Å². The Kier molecular flexibility index (Phi) is 4.18. The van der Waals surface area contributed by atoms with E-state index in [1.165, 1.54) is 11.3 Å². The molecule has 0 aliphatic rings. The molecule has 18 heavy (non-hydrogen) atoms. The van der Waals surface area contributed by atoms with Gasteiger partial charge in [0.2, 0.25) is 0 Å². The van der Waals surface area contributed by atoms with Crippen LogP contribution in [0.5, 0.6) is 0 Å². The van der Waals surface area contributed by atoms with Gasteiger partial charge in [-0.15, -0.1) is 0 Å². The molecule has 0 radical (unpaired) electrons. The molecular weight excluding hydrogens is 222 g/mol. The molecule has 0 amide bonds. The second-order valence-electron chi connectivity index (χ2n) is 4.27. The minimum absolute atomic E-state index is 0.888. The van der Waals surface area contributed by atoms with E-state index in [0.29, 0.717) is 0 Å². The van der Waals surface area contributed by atoms with Crippen molar-refractivity contribution in [1.82, 2.24) is 4.98 Å². The second kappa shape index (κ2) is 6.05. The molecule has 1 aromatic heterocycles. The zero-order chi connectivity index (χ0) is 12.8. The number of hydrogen-bond donors (Lipinski definition) is 1. The molecule has 94 valence electrons. The molecular formula is C15H19N3. The molecule has 0 atom stereocenters. The van der Waals surface area contributed by atoms with E-state index in [9.17, 15) is 0 Å². The van der Waals surface area contributed by atoms with E-state index < -0.39 is 0 Å². The van der Waals surface area contributed by atoms with E-state index in [1.54, 1.807) is 0 Å². The lowest BCUT2D eigenvalue weighted by atomic mass is 10.2. The molecule has 0 fully saturated rings. The predicted octanol–water partition coefficient (Wildman–Crippen LogP) is 3.15. The number of benzene rings is 1. The van der Waals surface area contributed by atoms with Crippen LogP contribution in [0.15, 0.2) is 48.7 Å². The first-order valence-corrected chi connectivity index (χ1v) is 6.24. The highest BCUT2D eigenvalue weighted by molar-refractivity contribution is 5.53. The lowest BCUT2D eigenvalue weighted by Crippen LogP contribution is -2.16. The number of aromatic nitrogens is 1. The molecule has 0 bridgehead atoms. The third-order valence-corrected chi connectivity index (χ3v) is 2.80. The maximum absolute atomic E-state index is 4.28. The maximum atomic E-state index is 4.28. The molecule has 1 aromatic carbocycles. The summed E-state index contributed by atoms with van der Waals surface area (Å²) >= 11 is 0. The highest BCUT2D eigenvalue weighted by Gasteiger charge is 2.03. The first-order chi connectivity index (χ1) is 8.79. The summed E-state index contributed by atoms with van der Waals surface area (Å²) in [6, 6.07) is 14.6. The molecule has 0 spiro atoms. The van der Waals surface area contributed by atoms with Gasteiger partial charge in [0, 0.05) is 38.1 Å². The Labute approximate surface area is 108 Å². The molecule has 1 heterocycles. The van der Waals surface area contributed by atoms with E-state index in [2.05, 4.69) is 59.5 Å². The van der Waals surface area contributed by atoms with Crippen molar-refractivity contribution in [2.45, 2.75) is 13.5 Å². The van der Waals surface area contributed by atoms with Gasteiger partial charge in [-0.3, -0.25) is 0 Å². The van der Waals surface area contributed by atoms with Crippen LogP contribution in [0.3, 0.4) is 0 Å². The molecule has 2 aromatic rings. The van der Waals surface area contributed by atoms with Crippen molar-refractivity contribution in [1.29, 1.82) is 0 Å². The SMILES string of the molecule is CCNc1cc(N(C)Cc2ccccc2)ccn1. The van der Waals surface area contributed by atoms with Gasteiger partial charge >= 0.3 is 0 Å². The Bertz CT molecular complexity index is 482. The third kappa shape index (κ3) is 3.23. The molecule has 0 unspecified atom stereocenters. The minimum Gasteiger partial charge on any atom is -0.370 e. The predicted molar refractivity (Wildman–Crippen MR) is 76.9 cm³/mol. The molecule has 0 aliphatic carbocycles. The van der Waals surface area contributed by atoms with Crippen LogP contribution in [-0.4, -0.2) is 18.6 Å². The number of pyridine rings is 1. The standard InChI is InChI=1S/C15H19N3/c1-3-16-15-11-14(9-10-17-15)18(2)12-13-7-5-4-6-8-13/h4-11H,3,12H2,1-2H3,(H,16,17). The fourth-order valence-corrected chi connectivity index (χ4v) is 1.88. The summed E-state index contributed by atoms with van der Waals surface area (Å²) in [6.45, 7) is 3.86. The first kappa shape index (κ1) is 12.4. The van der Waals surface area contributed by atoms with Crippen molar-refractivity contribution in [3.05, 3.63) is 54.2 Å². The van der Waals surface area contributed by atoms with E-state index >= 15 is 0 Å². The van der Waals surface area contributed by atoms with Crippen LogP contribution in [0.4, 0.5) is 11.5 Å². The average Bonchev–Trinajstić information content (AvgIpc) is 2.40. The summed E-state index contributed by atoms with van der Waals surface area (Å²) in [5.74, 6) is 0.926. The van der Waals surface area contributed by atoms with Gasteiger partial charge in [0.25, 0.3) is 0 Å². The zero-order valence-corrected chi connectivity index (χ0v) is 10.9. The van der Waals surface area contributed by atoms with Gasteiger partial charge < -0.3 is 10.2 Å². The zero-order valence-electron chi connectivity index (χ0n) is 10.9. The summed E-state index contributed by atoms with van der Waals surface area (Å²) in [5, 5.41) is 3.23. The molecule has 1 N–H and O–H groups in total. The smallest absolute Gasteiger partial charge is 0.127 e. The number of anilines is 2. The Morgan fingerprint density at radius 2 is 1.94 bits per heavy atom. The number of hydrogen-bond acceptors (Lipinski definition) is 3. The lowest BCUT2D eigenvalue weighted by molar-refractivity contribution is 0.920. The molecule has 2 rings (SSSR count). The van der Waals surface area contributed by atoms with E-state index in [-0.39, 0.29) is 0 Å². The highest BCUT2D eigenvalue weighted by atomic mass is 15.1. The molecule has 0 aliphatic heterocycles. The topological polar surface area (TPSA) is 28.2 Å². The Hall–Kier alpha value is -2.03. The van der Waals surface area contributed by atoms with Crippen LogP contribution in [0, 0.1) is 0 Å². The summed E-state index contributed by atoms with van der Waals surface area (Å²) < 4.78 is 0. The monoisotopic (exact) mass is 241 g/mol. The van der Waals surface area contributed by atoms with Gasteiger partial charge in [0.05, 0.1) is 0 Å². The van der Waals surface area contributed by atoms with Crippen LogP contribution in [-0.2, 0) is 6.54 Å². The third-order valence-electron chi connectivity index (χ3n) is 2.80. The van der Waals surface area contributed by atoms with Crippen LogP contribution in [0.2, 0.25) is 0 Å². The average molecular weight is 241 g/mol. The normalized spacial score (nSPS) is 10.1. The van der Waals surface area contributed by atoms with Crippen molar-refractivity contribution < 1.29 is 0 Å². The Morgan fingerprint density at radius 1 is 1.17 bits per heavy atom.